The lowest BCUT2D eigenvalue weighted by molar-refractivity contribution is -0.147. The number of nitrogens with one attached hydrogen (secondary N) is 1. The number of aromatic amines is 1. The lowest BCUT2D eigenvalue weighted by Crippen LogP contribution is -2.24. The highest BCUT2D eigenvalue weighted by Gasteiger charge is 2.39. The van der Waals surface area contributed by atoms with Crippen LogP contribution in [0.25, 0.3) is 27.5 Å². The molecule has 5 rings (SSSR count). The molecule has 3 heterocycles. The first-order chi connectivity index (χ1) is 15.8. The van der Waals surface area contributed by atoms with Crippen LogP contribution in [0.5, 0.6) is 0 Å². The molecule has 0 aliphatic carbocycles. The van der Waals surface area contributed by atoms with E-state index in [-0.39, 0.29) is 24.8 Å². The van der Waals surface area contributed by atoms with Crippen LogP contribution in [0.2, 0.25) is 0 Å². The number of carboxylic acid groups (broad SMARTS) is 1. The van der Waals surface area contributed by atoms with Crippen molar-refractivity contribution in [3.05, 3.63) is 59.7 Å². The number of halogens is 1. The molecule has 0 amide bonds. The van der Waals surface area contributed by atoms with Crippen LogP contribution in [0, 0.1) is 17.1 Å². The van der Waals surface area contributed by atoms with E-state index in [0.29, 0.717) is 6.42 Å². The second-order valence-electron chi connectivity index (χ2n) is 9.21. The molecule has 4 aromatic rings. The van der Waals surface area contributed by atoms with Crippen LogP contribution in [-0.2, 0) is 14.9 Å². The topological polar surface area (TPSA) is 104 Å². The van der Waals surface area contributed by atoms with Gasteiger partial charge in [-0.2, -0.15) is 10.4 Å². The SMILES string of the molecule is CC(C)(CC#N)c1c(C2COC(C(=O)O)C2)c2cc3[nH]ncc3cc2n1-c1ccc(F)cc1. The van der Waals surface area contributed by atoms with E-state index in [0.717, 1.165) is 38.8 Å². The van der Waals surface area contributed by atoms with Gasteiger partial charge in [0.05, 0.1) is 29.9 Å². The number of H-pyrrole nitrogens is 1. The third kappa shape index (κ3) is 3.45. The molecule has 1 aliphatic heterocycles. The summed E-state index contributed by atoms with van der Waals surface area (Å²) in [5.41, 5.74) is 3.83. The van der Waals surface area contributed by atoms with Crippen LogP contribution in [0.3, 0.4) is 0 Å². The van der Waals surface area contributed by atoms with Gasteiger partial charge in [-0.05, 0) is 48.4 Å². The van der Waals surface area contributed by atoms with Crippen LogP contribution in [-0.4, -0.2) is 38.6 Å². The fourth-order valence-corrected chi connectivity index (χ4v) is 4.97. The van der Waals surface area contributed by atoms with Gasteiger partial charge >= 0.3 is 5.97 Å². The number of benzene rings is 2. The van der Waals surface area contributed by atoms with Crippen LogP contribution in [0.4, 0.5) is 4.39 Å². The molecule has 7 nitrogen and oxygen atoms in total. The largest absolute Gasteiger partial charge is 0.479 e. The molecule has 1 fully saturated rings. The molecular weight excluding hydrogens is 423 g/mol. The molecular formula is C25H23FN4O3. The van der Waals surface area contributed by atoms with Gasteiger partial charge in [0.15, 0.2) is 6.10 Å². The Hall–Kier alpha value is -3.70. The van der Waals surface area contributed by atoms with Crippen molar-refractivity contribution < 1.29 is 19.0 Å². The van der Waals surface area contributed by atoms with Gasteiger partial charge in [0.25, 0.3) is 0 Å². The zero-order valence-electron chi connectivity index (χ0n) is 18.3. The summed E-state index contributed by atoms with van der Waals surface area (Å²) in [7, 11) is 0. The number of nitriles is 1. The average Bonchev–Trinajstić information content (AvgIpc) is 3.49. The molecule has 168 valence electrons. The number of hydrogen-bond acceptors (Lipinski definition) is 4. The molecule has 2 unspecified atom stereocenters. The minimum Gasteiger partial charge on any atom is -0.479 e. The maximum absolute atomic E-state index is 13.8. The van der Waals surface area contributed by atoms with Crippen molar-refractivity contribution in [2.75, 3.05) is 6.61 Å². The molecule has 2 aromatic heterocycles. The molecule has 2 N–H and O–H groups in total. The van der Waals surface area contributed by atoms with Crippen LogP contribution >= 0.6 is 0 Å². The second kappa shape index (κ2) is 7.71. The van der Waals surface area contributed by atoms with E-state index in [4.69, 9.17) is 4.74 Å². The number of rotatable bonds is 5. The average molecular weight is 446 g/mol. The molecule has 0 spiro atoms. The zero-order chi connectivity index (χ0) is 23.3. The second-order valence-corrected chi connectivity index (χ2v) is 9.21. The van der Waals surface area contributed by atoms with E-state index in [1.54, 1.807) is 18.3 Å². The number of fused-ring (bicyclic) bond motifs is 2. The third-order valence-corrected chi connectivity index (χ3v) is 6.49. The summed E-state index contributed by atoms with van der Waals surface area (Å²) in [6.45, 7) is 4.29. The Morgan fingerprint density at radius 2 is 2.12 bits per heavy atom. The van der Waals surface area contributed by atoms with E-state index in [9.17, 15) is 19.6 Å². The summed E-state index contributed by atoms with van der Waals surface area (Å²) in [6.07, 6.45) is 1.47. The van der Waals surface area contributed by atoms with Gasteiger partial charge in [0.2, 0.25) is 0 Å². The van der Waals surface area contributed by atoms with E-state index in [2.05, 4.69) is 20.8 Å². The maximum Gasteiger partial charge on any atom is 0.332 e. The highest BCUT2D eigenvalue weighted by atomic mass is 19.1. The Labute approximate surface area is 189 Å². The van der Waals surface area contributed by atoms with Crippen LogP contribution in [0.15, 0.2) is 42.6 Å². The number of ether oxygens (including phenoxy) is 1. The minimum atomic E-state index is -0.978. The predicted molar refractivity (Wildman–Crippen MR) is 121 cm³/mol. The Balaban J connectivity index is 1.87. The number of carbonyl (C=O) groups is 1. The van der Waals surface area contributed by atoms with Crippen molar-refractivity contribution in [3.8, 4) is 11.8 Å². The van der Waals surface area contributed by atoms with Gasteiger partial charge in [-0.25, -0.2) is 9.18 Å². The first-order valence-corrected chi connectivity index (χ1v) is 10.8. The monoisotopic (exact) mass is 446 g/mol. The van der Waals surface area contributed by atoms with Crippen molar-refractivity contribution in [1.82, 2.24) is 14.8 Å². The normalized spacial score (nSPS) is 18.7. The zero-order valence-corrected chi connectivity index (χ0v) is 18.3. The molecule has 1 saturated heterocycles. The molecule has 2 atom stereocenters. The summed E-state index contributed by atoms with van der Waals surface area (Å²) in [5, 5.41) is 28.1. The lowest BCUT2D eigenvalue weighted by Gasteiger charge is -2.28. The van der Waals surface area contributed by atoms with Gasteiger partial charge in [-0.15, -0.1) is 0 Å². The maximum atomic E-state index is 13.8. The summed E-state index contributed by atoms with van der Waals surface area (Å²) in [4.78, 5) is 11.6. The Morgan fingerprint density at radius 3 is 2.79 bits per heavy atom. The fourth-order valence-electron chi connectivity index (χ4n) is 4.97. The number of aliphatic carboxylic acids is 1. The lowest BCUT2D eigenvalue weighted by atomic mass is 9.79. The highest BCUT2D eigenvalue weighted by molar-refractivity contribution is 5.99. The Kier molecular flexibility index (Phi) is 4.94. The summed E-state index contributed by atoms with van der Waals surface area (Å²) < 4.78 is 21.5. The smallest absolute Gasteiger partial charge is 0.332 e. The van der Waals surface area contributed by atoms with E-state index >= 15 is 0 Å². The quantitative estimate of drug-likeness (QED) is 0.459. The van der Waals surface area contributed by atoms with Gasteiger partial charge in [-0.3, -0.25) is 5.10 Å². The van der Waals surface area contributed by atoms with E-state index < -0.39 is 17.5 Å². The van der Waals surface area contributed by atoms with E-state index in [1.807, 2.05) is 26.0 Å². The Morgan fingerprint density at radius 1 is 1.36 bits per heavy atom. The molecule has 33 heavy (non-hydrogen) atoms. The van der Waals surface area contributed by atoms with Crippen LogP contribution in [0.1, 0.15) is 43.9 Å². The standard InChI is InChI=1S/C25H23FN4O3/c1-25(2,7-8-27)23-22(15-10-21(24(31)32)33-13-15)18-11-19-14(12-28-29-19)9-20(18)30(23)17-5-3-16(26)4-6-17/h3-6,9,11-12,15,21H,7,10,13H2,1-2H3,(H,28,29)(H,31,32). The number of hydrogen-bond donors (Lipinski definition) is 2. The molecule has 0 saturated carbocycles. The van der Waals surface area contributed by atoms with E-state index in [1.165, 1.54) is 12.1 Å². The molecule has 8 heteroatoms. The number of aromatic nitrogens is 3. The third-order valence-electron chi connectivity index (χ3n) is 6.49. The molecule has 0 bridgehead atoms. The highest BCUT2D eigenvalue weighted by Crippen LogP contribution is 2.45. The van der Waals surface area contributed by atoms with Gasteiger partial charge < -0.3 is 14.4 Å². The first kappa shape index (κ1) is 21.2. The first-order valence-electron chi connectivity index (χ1n) is 10.8. The number of carboxylic acids is 1. The summed E-state index contributed by atoms with van der Waals surface area (Å²) >= 11 is 0. The molecule has 0 radical (unpaired) electrons. The van der Waals surface area contributed by atoms with Crippen molar-refractivity contribution in [2.24, 2.45) is 0 Å². The van der Waals surface area contributed by atoms with Gasteiger partial charge in [0.1, 0.15) is 5.82 Å². The van der Waals surface area contributed by atoms with Crippen molar-refractivity contribution in [3.63, 3.8) is 0 Å². The van der Waals surface area contributed by atoms with Crippen LogP contribution < -0.4 is 0 Å². The minimum absolute atomic E-state index is 0.163. The Bertz CT molecular complexity index is 1410. The van der Waals surface area contributed by atoms with Crippen molar-refractivity contribution >= 4 is 27.8 Å². The van der Waals surface area contributed by atoms with Gasteiger partial charge in [-0.1, -0.05) is 13.8 Å². The molecule has 2 aromatic carbocycles. The van der Waals surface area contributed by atoms with Crippen molar-refractivity contribution in [1.29, 1.82) is 5.26 Å². The van der Waals surface area contributed by atoms with Gasteiger partial charge in [0, 0.05) is 39.9 Å². The fraction of sp³-hybridized carbons (Fsp3) is 0.320. The molecule has 1 aliphatic rings. The predicted octanol–water partition coefficient (Wildman–Crippen LogP) is 4.79. The number of nitrogens with zero attached hydrogens (tertiary/aromatic N) is 3. The van der Waals surface area contributed by atoms with Crippen molar-refractivity contribution in [2.45, 2.75) is 44.1 Å². The summed E-state index contributed by atoms with van der Waals surface area (Å²) in [5.74, 6) is -1.48. The summed E-state index contributed by atoms with van der Waals surface area (Å²) in [6, 6.07) is 12.6.